The molecule has 1 saturated heterocycles. The molecule has 2 N–H and O–H groups in total. The number of rotatable bonds is 10. The number of ether oxygens (including phenoxy) is 3. The van der Waals surface area contributed by atoms with Crippen LogP contribution in [0.1, 0.15) is 74.0 Å². The molecule has 0 unspecified atom stereocenters. The molecule has 266 valence electrons. The van der Waals surface area contributed by atoms with Crippen LogP contribution in [0.3, 0.4) is 0 Å². The predicted octanol–water partition coefficient (Wildman–Crippen LogP) is 8.39. The number of aromatic nitrogens is 3. The number of aryl methyl sites for hydroxylation is 1. The molecule has 1 aliphatic heterocycles. The Balaban J connectivity index is 1.27. The molecule has 3 heterocycles. The standard InChI is InChI=1S/C40H46N6O5/c1-25(2)33-16-13-29(21-26(33)3)43-38(47)28-9-8-10-32(22-28)50-34-17-19-41-37-35(34)36(44-46(37)23-27-11-14-31(49-7)15-12-27)42-30-18-20-45(24-30)39(48)51-40(4,5)6/h8-17,19,21-22,25,30H,18,20,23-24H2,1-7H3,(H,42,44)(H,43,47)/t30-/m0/s1. The summed E-state index contributed by atoms with van der Waals surface area (Å²) in [5.41, 5.74) is 4.65. The maximum atomic E-state index is 13.3. The molecule has 5 aromatic rings. The van der Waals surface area contributed by atoms with Crippen LogP contribution in [-0.4, -0.2) is 63.5 Å². The Kier molecular flexibility index (Phi) is 10.2. The Bertz CT molecular complexity index is 2030. The molecule has 2 aromatic heterocycles. The first-order chi connectivity index (χ1) is 24.4. The van der Waals surface area contributed by atoms with Gasteiger partial charge in [0.15, 0.2) is 11.5 Å². The van der Waals surface area contributed by atoms with Gasteiger partial charge in [-0.05, 0) is 99.2 Å². The van der Waals surface area contributed by atoms with Crippen molar-refractivity contribution in [2.24, 2.45) is 0 Å². The van der Waals surface area contributed by atoms with Crippen molar-refractivity contribution in [1.29, 1.82) is 0 Å². The molecule has 11 heteroatoms. The number of nitrogens with one attached hydrogen (secondary N) is 2. The number of methoxy groups -OCH3 is 1. The number of carbonyl (C=O) groups is 2. The summed E-state index contributed by atoms with van der Waals surface area (Å²) in [5.74, 6) is 2.55. The van der Waals surface area contributed by atoms with Crippen LogP contribution < -0.4 is 20.1 Å². The van der Waals surface area contributed by atoms with Crippen LogP contribution in [0.15, 0.2) is 79.0 Å². The number of hydrogen-bond acceptors (Lipinski definition) is 8. The molecule has 0 spiro atoms. The van der Waals surface area contributed by atoms with Crippen LogP contribution in [0.4, 0.5) is 16.3 Å². The van der Waals surface area contributed by atoms with Crippen molar-refractivity contribution in [3.8, 4) is 17.2 Å². The smallest absolute Gasteiger partial charge is 0.410 e. The summed E-state index contributed by atoms with van der Waals surface area (Å²) in [7, 11) is 1.64. The van der Waals surface area contributed by atoms with Gasteiger partial charge in [-0.3, -0.25) is 4.79 Å². The number of pyridine rings is 1. The van der Waals surface area contributed by atoms with Crippen LogP contribution in [-0.2, 0) is 11.3 Å². The Hall–Kier alpha value is -5.58. The summed E-state index contributed by atoms with van der Waals surface area (Å²) < 4.78 is 19.3. The van der Waals surface area contributed by atoms with Crippen molar-refractivity contribution in [3.05, 3.63) is 101 Å². The van der Waals surface area contributed by atoms with Crippen LogP contribution >= 0.6 is 0 Å². The molecule has 2 amide bonds. The van der Waals surface area contributed by atoms with Crippen LogP contribution in [0.2, 0.25) is 0 Å². The quantitative estimate of drug-likeness (QED) is 0.150. The predicted molar refractivity (Wildman–Crippen MR) is 199 cm³/mol. The van der Waals surface area contributed by atoms with Crippen molar-refractivity contribution in [3.63, 3.8) is 0 Å². The van der Waals surface area contributed by atoms with Gasteiger partial charge in [-0.1, -0.05) is 38.1 Å². The SMILES string of the molecule is COc1ccc(Cn2nc(N[C@H]3CCN(C(=O)OC(C)(C)C)C3)c3c(Oc4cccc(C(=O)Nc5ccc(C(C)C)c(C)c5)c4)ccnc32)cc1. The minimum atomic E-state index is -0.576. The normalized spacial score (nSPS) is 14.5. The number of amides is 2. The zero-order valence-corrected chi connectivity index (χ0v) is 30.3. The summed E-state index contributed by atoms with van der Waals surface area (Å²) in [4.78, 5) is 32.6. The number of anilines is 2. The summed E-state index contributed by atoms with van der Waals surface area (Å²) in [6, 6.07) is 22.6. The minimum Gasteiger partial charge on any atom is -0.497 e. The van der Waals surface area contributed by atoms with E-state index in [1.165, 1.54) is 5.56 Å². The van der Waals surface area contributed by atoms with Gasteiger partial charge < -0.3 is 29.7 Å². The third-order valence-electron chi connectivity index (χ3n) is 8.74. The van der Waals surface area contributed by atoms with Gasteiger partial charge in [0.25, 0.3) is 5.91 Å². The zero-order valence-electron chi connectivity index (χ0n) is 30.3. The van der Waals surface area contributed by atoms with E-state index >= 15 is 0 Å². The fraction of sp³-hybridized carbons (Fsp3) is 0.350. The lowest BCUT2D eigenvalue weighted by Gasteiger charge is -2.24. The molecule has 0 saturated carbocycles. The van der Waals surface area contributed by atoms with E-state index < -0.39 is 5.60 Å². The summed E-state index contributed by atoms with van der Waals surface area (Å²) in [6.45, 7) is 13.4. The third-order valence-corrected chi connectivity index (χ3v) is 8.74. The first-order valence-electron chi connectivity index (χ1n) is 17.3. The van der Waals surface area contributed by atoms with Crippen LogP contribution in [0, 0.1) is 6.92 Å². The lowest BCUT2D eigenvalue weighted by molar-refractivity contribution is 0.0293. The molecule has 6 rings (SSSR count). The van der Waals surface area contributed by atoms with Gasteiger partial charge in [-0.15, -0.1) is 0 Å². The second-order valence-corrected chi connectivity index (χ2v) is 14.2. The number of fused-ring (bicyclic) bond motifs is 1. The molecule has 0 bridgehead atoms. The highest BCUT2D eigenvalue weighted by molar-refractivity contribution is 6.04. The summed E-state index contributed by atoms with van der Waals surface area (Å²) in [5, 5.41) is 12.3. The molecular formula is C40H46N6O5. The summed E-state index contributed by atoms with van der Waals surface area (Å²) >= 11 is 0. The molecule has 1 fully saturated rings. The van der Waals surface area contributed by atoms with Gasteiger partial charge in [0.05, 0.1) is 13.7 Å². The van der Waals surface area contributed by atoms with Crippen molar-refractivity contribution < 1.29 is 23.8 Å². The maximum absolute atomic E-state index is 13.3. The van der Waals surface area contributed by atoms with Gasteiger partial charge in [-0.25, -0.2) is 14.5 Å². The average molecular weight is 691 g/mol. The molecule has 1 atom stereocenters. The first kappa shape index (κ1) is 35.3. The molecule has 3 aromatic carbocycles. The fourth-order valence-electron chi connectivity index (χ4n) is 6.27. The third kappa shape index (κ3) is 8.42. The van der Waals surface area contributed by atoms with Gasteiger partial charge in [0, 0.05) is 42.6 Å². The molecule has 11 nitrogen and oxygen atoms in total. The maximum Gasteiger partial charge on any atom is 0.410 e. The molecule has 1 aliphatic rings. The van der Waals surface area contributed by atoms with Gasteiger partial charge in [0.1, 0.15) is 28.2 Å². The van der Waals surface area contributed by atoms with Gasteiger partial charge in [0.2, 0.25) is 0 Å². The van der Waals surface area contributed by atoms with Crippen molar-refractivity contribution in [2.45, 2.75) is 72.1 Å². The topological polar surface area (TPSA) is 120 Å². The Morgan fingerprint density at radius 2 is 1.78 bits per heavy atom. The molecule has 0 aliphatic carbocycles. The second kappa shape index (κ2) is 14.7. The molecule has 51 heavy (non-hydrogen) atoms. The van der Waals surface area contributed by atoms with E-state index in [2.05, 4.69) is 37.5 Å². The monoisotopic (exact) mass is 690 g/mol. The molecule has 0 radical (unpaired) electrons. The van der Waals surface area contributed by atoms with Crippen molar-refractivity contribution in [1.82, 2.24) is 19.7 Å². The Morgan fingerprint density at radius 1 is 1.00 bits per heavy atom. The van der Waals surface area contributed by atoms with E-state index in [9.17, 15) is 9.59 Å². The van der Waals surface area contributed by atoms with Crippen molar-refractivity contribution in [2.75, 3.05) is 30.8 Å². The largest absolute Gasteiger partial charge is 0.497 e. The second-order valence-electron chi connectivity index (χ2n) is 14.2. The van der Waals surface area contributed by atoms with Gasteiger partial charge >= 0.3 is 6.09 Å². The van der Waals surface area contributed by atoms with E-state index in [0.717, 1.165) is 29.0 Å². The van der Waals surface area contributed by atoms with Crippen LogP contribution in [0.25, 0.3) is 11.0 Å². The number of benzene rings is 3. The summed E-state index contributed by atoms with van der Waals surface area (Å²) in [6.07, 6.45) is 2.08. The number of nitrogens with zero attached hydrogens (tertiary/aromatic N) is 4. The van der Waals surface area contributed by atoms with E-state index in [1.54, 1.807) is 42.5 Å². The zero-order chi connectivity index (χ0) is 36.3. The lowest BCUT2D eigenvalue weighted by atomic mass is 9.97. The highest BCUT2D eigenvalue weighted by atomic mass is 16.6. The number of carbonyl (C=O) groups excluding carboxylic acids is 2. The van der Waals surface area contributed by atoms with E-state index in [0.29, 0.717) is 59.5 Å². The van der Waals surface area contributed by atoms with Gasteiger partial charge in [-0.2, -0.15) is 5.10 Å². The highest BCUT2D eigenvalue weighted by Crippen LogP contribution is 2.36. The van der Waals surface area contributed by atoms with E-state index in [4.69, 9.17) is 24.3 Å². The van der Waals surface area contributed by atoms with E-state index in [-0.39, 0.29) is 18.0 Å². The Labute approximate surface area is 298 Å². The number of likely N-dealkylation sites (tertiary alicyclic amines) is 1. The highest BCUT2D eigenvalue weighted by Gasteiger charge is 2.31. The fourth-order valence-corrected chi connectivity index (χ4v) is 6.27. The lowest BCUT2D eigenvalue weighted by Crippen LogP contribution is -2.36. The Morgan fingerprint density at radius 3 is 2.49 bits per heavy atom. The van der Waals surface area contributed by atoms with Crippen molar-refractivity contribution >= 4 is 34.5 Å². The average Bonchev–Trinajstić information content (AvgIpc) is 3.70. The van der Waals surface area contributed by atoms with Crippen LogP contribution in [0.5, 0.6) is 17.2 Å². The van der Waals surface area contributed by atoms with E-state index in [1.807, 2.05) is 67.9 Å². The molecular weight excluding hydrogens is 644 g/mol. The first-order valence-corrected chi connectivity index (χ1v) is 17.3. The number of hydrogen-bond donors (Lipinski definition) is 2. The minimum absolute atomic E-state index is 0.0663.